The largest absolute Gasteiger partial charge is 0.481 e. The number of carboxylic acids is 1. The van der Waals surface area contributed by atoms with E-state index in [0.29, 0.717) is 23.5 Å². The highest BCUT2D eigenvalue weighted by Crippen LogP contribution is 2.18. The minimum absolute atomic E-state index is 0.0151. The molecule has 0 aliphatic carbocycles. The number of aliphatic carboxylic acids is 1. The summed E-state index contributed by atoms with van der Waals surface area (Å²) in [4.78, 5) is 30.6. The molecule has 23 heavy (non-hydrogen) atoms. The van der Waals surface area contributed by atoms with Crippen LogP contribution in [0.2, 0.25) is 0 Å². The van der Waals surface area contributed by atoms with E-state index in [0.717, 1.165) is 5.01 Å². The summed E-state index contributed by atoms with van der Waals surface area (Å²) in [7, 11) is 0. The minimum Gasteiger partial charge on any atom is -0.481 e. The highest BCUT2D eigenvalue weighted by Gasteiger charge is 2.25. The lowest BCUT2D eigenvalue weighted by Crippen LogP contribution is -2.33. The van der Waals surface area contributed by atoms with E-state index < -0.39 is 5.97 Å². The van der Waals surface area contributed by atoms with Gasteiger partial charge in [0, 0.05) is 30.8 Å². The molecule has 0 radical (unpaired) electrons. The molecule has 0 bridgehead atoms. The van der Waals surface area contributed by atoms with Crippen LogP contribution in [0.15, 0.2) is 34.2 Å². The lowest BCUT2D eigenvalue weighted by Gasteiger charge is -2.21. The molecule has 0 saturated heterocycles. The summed E-state index contributed by atoms with van der Waals surface area (Å²) in [6.07, 6.45) is 3.68. The van der Waals surface area contributed by atoms with E-state index in [-0.39, 0.29) is 31.2 Å². The molecule has 3 heterocycles. The molecule has 2 aromatic heterocycles. The predicted molar refractivity (Wildman–Crippen MR) is 77.3 cm³/mol. The first-order valence-corrected chi connectivity index (χ1v) is 6.97. The molecule has 0 atom stereocenters. The zero-order valence-electron chi connectivity index (χ0n) is 12.0. The Morgan fingerprint density at radius 2 is 2.26 bits per heavy atom. The SMILES string of the molecule is O=C(O)CCN1N=C(c2nc(-c3cccnc3)no2)CCC1=O. The number of carboxylic acid groups (broad SMARTS) is 1. The third-order valence-electron chi connectivity index (χ3n) is 3.24. The highest BCUT2D eigenvalue weighted by atomic mass is 16.5. The number of carbonyl (C=O) groups excluding carboxylic acids is 1. The van der Waals surface area contributed by atoms with Gasteiger partial charge < -0.3 is 9.63 Å². The Morgan fingerprint density at radius 3 is 3.00 bits per heavy atom. The van der Waals surface area contributed by atoms with Gasteiger partial charge in [0.05, 0.1) is 13.0 Å². The summed E-state index contributed by atoms with van der Waals surface area (Å²) in [5.74, 6) is -0.611. The van der Waals surface area contributed by atoms with Gasteiger partial charge in [0.25, 0.3) is 5.89 Å². The smallest absolute Gasteiger partial charge is 0.305 e. The molecule has 2 aromatic rings. The number of rotatable bonds is 5. The van der Waals surface area contributed by atoms with Gasteiger partial charge in [-0.15, -0.1) is 0 Å². The maximum atomic E-state index is 11.8. The summed E-state index contributed by atoms with van der Waals surface area (Å²) in [6.45, 7) is 0.0151. The second kappa shape index (κ2) is 6.34. The molecular formula is C14H13N5O4. The summed E-state index contributed by atoms with van der Waals surface area (Å²) in [5.41, 5.74) is 1.18. The van der Waals surface area contributed by atoms with Crippen molar-refractivity contribution in [3.8, 4) is 11.4 Å². The van der Waals surface area contributed by atoms with Crippen LogP contribution in [-0.2, 0) is 9.59 Å². The van der Waals surface area contributed by atoms with Crippen molar-refractivity contribution in [2.45, 2.75) is 19.3 Å². The van der Waals surface area contributed by atoms with Gasteiger partial charge in [-0.3, -0.25) is 14.6 Å². The zero-order valence-corrected chi connectivity index (χ0v) is 12.0. The standard InChI is InChI=1S/C14H13N5O4/c20-11-4-3-10(17-19(11)7-5-12(21)22)14-16-13(18-23-14)9-2-1-6-15-8-9/h1-2,6,8H,3-5,7H2,(H,21,22). The Hall–Kier alpha value is -3.10. The quantitative estimate of drug-likeness (QED) is 0.870. The second-order valence-electron chi connectivity index (χ2n) is 4.87. The second-order valence-corrected chi connectivity index (χ2v) is 4.87. The lowest BCUT2D eigenvalue weighted by atomic mass is 10.1. The average Bonchev–Trinajstić information content (AvgIpc) is 3.05. The average molecular weight is 315 g/mol. The summed E-state index contributed by atoms with van der Waals surface area (Å²) < 4.78 is 5.19. The Bertz CT molecular complexity index is 756. The van der Waals surface area contributed by atoms with Gasteiger partial charge >= 0.3 is 5.97 Å². The van der Waals surface area contributed by atoms with Crippen molar-refractivity contribution in [2.24, 2.45) is 5.10 Å². The maximum Gasteiger partial charge on any atom is 0.305 e. The Kier molecular flexibility index (Phi) is 4.09. The number of aromatic nitrogens is 3. The first-order valence-electron chi connectivity index (χ1n) is 6.97. The lowest BCUT2D eigenvalue weighted by molar-refractivity contribution is -0.138. The first kappa shape index (κ1) is 14.8. The monoisotopic (exact) mass is 315 g/mol. The maximum absolute atomic E-state index is 11.8. The van der Waals surface area contributed by atoms with Gasteiger partial charge in [-0.25, -0.2) is 5.01 Å². The fourth-order valence-electron chi connectivity index (χ4n) is 2.08. The van der Waals surface area contributed by atoms with Crippen molar-refractivity contribution < 1.29 is 19.2 Å². The van der Waals surface area contributed by atoms with Crippen molar-refractivity contribution in [1.82, 2.24) is 20.1 Å². The van der Waals surface area contributed by atoms with Gasteiger partial charge in [0.15, 0.2) is 0 Å². The van der Waals surface area contributed by atoms with Crippen LogP contribution >= 0.6 is 0 Å². The van der Waals surface area contributed by atoms with E-state index >= 15 is 0 Å². The van der Waals surface area contributed by atoms with E-state index in [1.165, 1.54) is 0 Å². The van der Waals surface area contributed by atoms with Gasteiger partial charge in [-0.1, -0.05) is 5.16 Å². The molecule has 0 unspecified atom stereocenters. The number of carbonyl (C=O) groups is 2. The Morgan fingerprint density at radius 1 is 1.39 bits per heavy atom. The fraction of sp³-hybridized carbons (Fsp3) is 0.286. The molecule has 1 aliphatic rings. The first-order chi connectivity index (χ1) is 11.1. The number of hydrogen-bond donors (Lipinski definition) is 1. The number of amides is 1. The normalized spacial score (nSPS) is 14.7. The van der Waals surface area contributed by atoms with Crippen LogP contribution in [-0.4, -0.2) is 49.4 Å². The third-order valence-corrected chi connectivity index (χ3v) is 3.24. The van der Waals surface area contributed by atoms with Crippen molar-refractivity contribution in [3.05, 3.63) is 30.4 Å². The van der Waals surface area contributed by atoms with Crippen LogP contribution in [0.3, 0.4) is 0 Å². The molecule has 118 valence electrons. The predicted octanol–water partition coefficient (Wildman–Crippen LogP) is 0.933. The van der Waals surface area contributed by atoms with Gasteiger partial charge in [0.2, 0.25) is 11.7 Å². The Balaban J connectivity index is 1.81. The molecule has 0 fully saturated rings. The van der Waals surface area contributed by atoms with Crippen LogP contribution in [0.5, 0.6) is 0 Å². The molecule has 3 rings (SSSR count). The van der Waals surface area contributed by atoms with Crippen LogP contribution in [0, 0.1) is 0 Å². The molecule has 1 amide bonds. The van der Waals surface area contributed by atoms with Crippen molar-refractivity contribution in [1.29, 1.82) is 0 Å². The van der Waals surface area contributed by atoms with Gasteiger partial charge in [0.1, 0.15) is 5.71 Å². The van der Waals surface area contributed by atoms with Crippen LogP contribution < -0.4 is 0 Å². The number of hydrogen-bond acceptors (Lipinski definition) is 7. The number of nitrogens with zero attached hydrogens (tertiary/aromatic N) is 5. The summed E-state index contributed by atoms with van der Waals surface area (Å²) in [5, 5.41) is 17.9. The van der Waals surface area contributed by atoms with Crippen molar-refractivity contribution >= 4 is 17.6 Å². The van der Waals surface area contributed by atoms with Crippen LogP contribution in [0.1, 0.15) is 25.2 Å². The molecular weight excluding hydrogens is 302 g/mol. The van der Waals surface area contributed by atoms with E-state index in [1.54, 1.807) is 24.5 Å². The van der Waals surface area contributed by atoms with E-state index in [4.69, 9.17) is 9.63 Å². The van der Waals surface area contributed by atoms with Gasteiger partial charge in [-0.05, 0) is 12.1 Å². The Labute approximate surface area is 130 Å². The third kappa shape index (κ3) is 3.39. The number of pyridine rings is 1. The van der Waals surface area contributed by atoms with Crippen molar-refractivity contribution in [2.75, 3.05) is 6.54 Å². The molecule has 1 N–H and O–H groups in total. The molecule has 9 nitrogen and oxygen atoms in total. The molecule has 0 spiro atoms. The minimum atomic E-state index is -0.989. The fourth-order valence-corrected chi connectivity index (χ4v) is 2.08. The van der Waals surface area contributed by atoms with Crippen LogP contribution in [0.4, 0.5) is 0 Å². The molecule has 0 aromatic carbocycles. The van der Waals surface area contributed by atoms with E-state index in [2.05, 4.69) is 20.2 Å². The van der Waals surface area contributed by atoms with E-state index in [9.17, 15) is 9.59 Å². The van der Waals surface area contributed by atoms with Crippen molar-refractivity contribution in [3.63, 3.8) is 0 Å². The topological polar surface area (TPSA) is 122 Å². The van der Waals surface area contributed by atoms with Crippen LogP contribution in [0.25, 0.3) is 11.4 Å². The molecule has 1 aliphatic heterocycles. The van der Waals surface area contributed by atoms with Gasteiger partial charge in [-0.2, -0.15) is 10.1 Å². The summed E-state index contributed by atoms with van der Waals surface area (Å²) >= 11 is 0. The molecule has 0 saturated carbocycles. The zero-order chi connectivity index (χ0) is 16.2. The summed E-state index contributed by atoms with van der Waals surface area (Å²) in [6, 6.07) is 3.56. The number of hydrazone groups is 1. The highest BCUT2D eigenvalue weighted by molar-refractivity contribution is 6.01. The molecule has 9 heteroatoms. The van der Waals surface area contributed by atoms with E-state index in [1.807, 2.05) is 0 Å².